The smallest absolute Gasteiger partial charge is 0.246 e. The number of nitrogens with one attached hydrogen (secondary N) is 2. The van der Waals surface area contributed by atoms with E-state index in [0.29, 0.717) is 18.7 Å². The number of rotatable bonds is 6. The molecule has 0 radical (unpaired) electrons. The maximum Gasteiger partial charge on any atom is 0.246 e. The maximum atomic E-state index is 12.3. The summed E-state index contributed by atoms with van der Waals surface area (Å²) in [6.45, 7) is 6.96. The first-order valence-electron chi connectivity index (χ1n) is 11.9. The summed E-state index contributed by atoms with van der Waals surface area (Å²) in [7, 11) is 0. The van der Waals surface area contributed by atoms with Crippen molar-refractivity contribution in [2.24, 2.45) is 15.9 Å². The second-order valence-electron chi connectivity index (χ2n) is 9.66. The number of carbonyl (C=O) groups excluding carboxylic acids is 1. The van der Waals surface area contributed by atoms with Crippen molar-refractivity contribution in [1.29, 1.82) is 5.41 Å². The zero-order valence-electron chi connectivity index (χ0n) is 19.5. The lowest BCUT2D eigenvalue weighted by Gasteiger charge is -2.30. The molecule has 1 saturated heterocycles. The first kappa shape index (κ1) is 22.3. The average Bonchev–Trinajstić information content (AvgIpc) is 3.35. The summed E-state index contributed by atoms with van der Waals surface area (Å²) in [6.07, 6.45) is 12.7. The molecule has 2 fully saturated rings. The number of carbonyl (C=O) groups is 1. The van der Waals surface area contributed by atoms with E-state index in [-0.39, 0.29) is 23.4 Å². The largest absolute Gasteiger partial charge is 0.483 e. The molecule has 5 rings (SSSR count). The van der Waals surface area contributed by atoms with Gasteiger partial charge in [-0.05, 0) is 56.0 Å². The van der Waals surface area contributed by atoms with Crippen molar-refractivity contribution < 1.29 is 9.53 Å². The van der Waals surface area contributed by atoms with Gasteiger partial charge in [0.1, 0.15) is 17.2 Å². The van der Waals surface area contributed by atoms with E-state index < -0.39 is 5.60 Å². The Balaban J connectivity index is 1.29. The van der Waals surface area contributed by atoms with Crippen LogP contribution in [0.15, 0.2) is 76.8 Å². The number of benzene rings is 1. The van der Waals surface area contributed by atoms with Crippen molar-refractivity contribution >= 4 is 23.8 Å². The minimum absolute atomic E-state index is 0.0130. The van der Waals surface area contributed by atoms with Crippen molar-refractivity contribution in [3.63, 3.8) is 0 Å². The Labute approximate surface area is 200 Å². The molecule has 4 unspecified atom stereocenters. The predicted octanol–water partition coefficient (Wildman–Crippen LogP) is 3.70. The second kappa shape index (κ2) is 8.70. The summed E-state index contributed by atoms with van der Waals surface area (Å²) in [5, 5.41) is 12.1. The van der Waals surface area contributed by atoms with Crippen LogP contribution in [0.2, 0.25) is 0 Å². The first-order valence-corrected chi connectivity index (χ1v) is 11.9. The predicted molar refractivity (Wildman–Crippen MR) is 135 cm³/mol. The molecule has 2 aliphatic carbocycles. The number of para-hydroxylation sites is 1. The van der Waals surface area contributed by atoms with Gasteiger partial charge in [-0.15, -0.1) is 0 Å². The summed E-state index contributed by atoms with van der Waals surface area (Å²) in [4.78, 5) is 23.6. The summed E-state index contributed by atoms with van der Waals surface area (Å²) >= 11 is 0. The van der Waals surface area contributed by atoms with Gasteiger partial charge in [-0.3, -0.25) is 14.8 Å². The molecular formula is C27H31N5O2. The normalized spacial score (nSPS) is 32.9. The highest BCUT2D eigenvalue weighted by atomic mass is 16.5. The van der Waals surface area contributed by atoms with Crippen LogP contribution in [-0.2, 0) is 4.79 Å². The SMILES string of the molecule is C=CC(=O)N1CCCC12CC2N=C1NC=NCC1C(=N)C1=CCC(C)(Oc2ccccc2)C=C1. The van der Waals surface area contributed by atoms with E-state index >= 15 is 0 Å². The van der Waals surface area contributed by atoms with Gasteiger partial charge in [-0.1, -0.05) is 36.9 Å². The Morgan fingerprint density at radius 1 is 1.38 bits per heavy atom. The van der Waals surface area contributed by atoms with Gasteiger partial charge in [0, 0.05) is 13.0 Å². The molecule has 1 spiro atoms. The third-order valence-corrected chi connectivity index (χ3v) is 7.29. The van der Waals surface area contributed by atoms with Crippen molar-refractivity contribution in [3.05, 3.63) is 66.8 Å². The van der Waals surface area contributed by atoms with Gasteiger partial charge < -0.3 is 20.4 Å². The fraction of sp³-hybridized carbons (Fsp3) is 0.407. The Kier molecular flexibility index (Phi) is 5.71. The number of hydrogen-bond donors (Lipinski definition) is 2. The fourth-order valence-corrected chi connectivity index (χ4v) is 5.27. The van der Waals surface area contributed by atoms with E-state index in [2.05, 4.69) is 29.9 Å². The molecule has 4 aliphatic rings. The Morgan fingerprint density at radius 3 is 2.94 bits per heavy atom. The molecule has 176 valence electrons. The van der Waals surface area contributed by atoms with E-state index in [9.17, 15) is 4.79 Å². The Morgan fingerprint density at radius 2 is 2.21 bits per heavy atom. The van der Waals surface area contributed by atoms with Crippen LogP contribution in [0.25, 0.3) is 0 Å². The number of likely N-dealkylation sites (tertiary alicyclic amines) is 1. The standard InChI is InChI=1S/C27H31N5O2/c1-3-23(33)32-15-7-12-27(32)16-22(27)31-25-21(17-29-18-30-25)24(28)19-10-13-26(2,14-11-19)34-20-8-5-4-6-9-20/h3-6,8-11,13,18,21-22,28H,1,7,12,14-17H2,2H3,(H,29,30,31). The lowest BCUT2D eigenvalue weighted by atomic mass is 9.87. The van der Waals surface area contributed by atoms with Crippen LogP contribution in [0.4, 0.5) is 0 Å². The minimum Gasteiger partial charge on any atom is -0.483 e. The zero-order chi connectivity index (χ0) is 23.8. The van der Waals surface area contributed by atoms with Crippen molar-refractivity contribution in [3.8, 4) is 5.75 Å². The summed E-state index contributed by atoms with van der Waals surface area (Å²) in [5.41, 5.74) is 0.749. The molecule has 2 N–H and O–H groups in total. The van der Waals surface area contributed by atoms with Gasteiger partial charge in [-0.25, -0.2) is 0 Å². The van der Waals surface area contributed by atoms with Crippen molar-refractivity contribution in [1.82, 2.24) is 10.2 Å². The van der Waals surface area contributed by atoms with Crippen LogP contribution in [-0.4, -0.2) is 59.0 Å². The molecule has 34 heavy (non-hydrogen) atoms. The van der Waals surface area contributed by atoms with Gasteiger partial charge >= 0.3 is 0 Å². The minimum atomic E-state index is -0.449. The lowest BCUT2D eigenvalue weighted by molar-refractivity contribution is -0.127. The molecule has 1 aromatic carbocycles. The zero-order valence-corrected chi connectivity index (χ0v) is 19.5. The van der Waals surface area contributed by atoms with Gasteiger partial charge in [0.25, 0.3) is 0 Å². The quantitative estimate of drug-likeness (QED) is 0.504. The number of amides is 1. The molecule has 7 nitrogen and oxygen atoms in total. The molecule has 0 bridgehead atoms. The molecule has 0 aromatic heterocycles. The van der Waals surface area contributed by atoms with Gasteiger partial charge in [0.05, 0.1) is 36.1 Å². The third-order valence-electron chi connectivity index (χ3n) is 7.29. The average molecular weight is 458 g/mol. The highest BCUT2D eigenvalue weighted by Crippen LogP contribution is 2.52. The van der Waals surface area contributed by atoms with Crippen molar-refractivity contribution in [2.45, 2.75) is 49.8 Å². The number of allylic oxidation sites excluding steroid dienone is 2. The number of ether oxygens (including phenoxy) is 1. The Hall–Kier alpha value is -3.48. The number of amidine groups is 1. The van der Waals surface area contributed by atoms with E-state index in [4.69, 9.17) is 15.1 Å². The summed E-state index contributed by atoms with van der Waals surface area (Å²) < 4.78 is 6.19. The highest BCUT2D eigenvalue weighted by Gasteiger charge is 2.62. The third kappa shape index (κ3) is 4.11. The van der Waals surface area contributed by atoms with E-state index in [1.54, 1.807) is 6.34 Å². The monoisotopic (exact) mass is 457 g/mol. The van der Waals surface area contributed by atoms with Gasteiger partial charge in [0.2, 0.25) is 5.91 Å². The van der Waals surface area contributed by atoms with Crippen molar-refractivity contribution in [2.75, 3.05) is 13.1 Å². The second-order valence-corrected chi connectivity index (χ2v) is 9.66. The van der Waals surface area contributed by atoms with Crippen LogP contribution >= 0.6 is 0 Å². The number of aliphatic imine (C=N–C) groups is 2. The molecule has 4 atom stereocenters. The molecule has 1 amide bonds. The highest BCUT2D eigenvalue weighted by molar-refractivity contribution is 6.17. The van der Waals surface area contributed by atoms with Crippen LogP contribution in [0.1, 0.15) is 32.6 Å². The Bertz CT molecular complexity index is 1120. The summed E-state index contributed by atoms with van der Waals surface area (Å²) in [5.74, 6) is 1.35. The molecular weight excluding hydrogens is 426 g/mol. The summed E-state index contributed by atoms with van der Waals surface area (Å²) in [6, 6.07) is 9.85. The van der Waals surface area contributed by atoms with E-state index in [1.165, 1.54) is 6.08 Å². The molecule has 2 heterocycles. The van der Waals surface area contributed by atoms with Gasteiger partial charge in [0.15, 0.2) is 0 Å². The molecule has 2 aliphatic heterocycles. The van der Waals surface area contributed by atoms with Crippen LogP contribution < -0.4 is 10.1 Å². The first-order chi connectivity index (χ1) is 16.4. The molecule has 1 aromatic rings. The van der Waals surface area contributed by atoms with E-state index in [0.717, 1.165) is 43.0 Å². The number of nitrogens with zero attached hydrogens (tertiary/aromatic N) is 3. The molecule has 7 heteroatoms. The number of hydrogen-bond acceptors (Lipinski definition) is 5. The maximum absolute atomic E-state index is 12.3. The fourth-order valence-electron chi connectivity index (χ4n) is 5.27. The molecule has 1 saturated carbocycles. The van der Waals surface area contributed by atoms with Crippen LogP contribution in [0, 0.1) is 11.3 Å². The van der Waals surface area contributed by atoms with E-state index in [1.807, 2.05) is 47.4 Å². The topological polar surface area (TPSA) is 90.1 Å². The van der Waals surface area contributed by atoms with Gasteiger partial charge in [-0.2, -0.15) is 0 Å². The van der Waals surface area contributed by atoms with Crippen LogP contribution in [0.5, 0.6) is 5.75 Å². The van der Waals surface area contributed by atoms with Crippen LogP contribution in [0.3, 0.4) is 0 Å². The lowest BCUT2D eigenvalue weighted by Crippen LogP contribution is -2.42.